The lowest BCUT2D eigenvalue weighted by Crippen LogP contribution is -2.06. The number of nitrogens with two attached hydrogens (primary N) is 1. The predicted molar refractivity (Wildman–Crippen MR) is 67.6 cm³/mol. The molecule has 3 heteroatoms. The Balaban J connectivity index is 2.10. The standard InChI is InChI=1S/C14H16N2O/c1-11(12-6-3-2-4-7-12)17-14-9-5-8-13(10-15)16-14/h2-9,11H,10,15H2,1H3. The van der Waals surface area contributed by atoms with E-state index in [0.29, 0.717) is 12.4 Å². The molecule has 0 fully saturated rings. The second-order valence-electron chi connectivity index (χ2n) is 3.84. The Labute approximate surface area is 101 Å². The summed E-state index contributed by atoms with van der Waals surface area (Å²) in [4.78, 5) is 4.31. The number of pyridine rings is 1. The largest absolute Gasteiger partial charge is 0.470 e. The number of hydrogen-bond acceptors (Lipinski definition) is 3. The SMILES string of the molecule is CC(Oc1cccc(CN)n1)c1ccccc1. The van der Waals surface area contributed by atoms with Crippen LogP contribution in [0.5, 0.6) is 5.88 Å². The van der Waals surface area contributed by atoms with Gasteiger partial charge >= 0.3 is 0 Å². The van der Waals surface area contributed by atoms with Crippen LogP contribution in [0.1, 0.15) is 24.3 Å². The first-order chi connectivity index (χ1) is 8.29. The Morgan fingerprint density at radius 2 is 1.88 bits per heavy atom. The zero-order valence-electron chi connectivity index (χ0n) is 9.84. The summed E-state index contributed by atoms with van der Waals surface area (Å²) in [6.45, 7) is 2.43. The van der Waals surface area contributed by atoms with E-state index in [-0.39, 0.29) is 6.10 Å². The molecule has 0 radical (unpaired) electrons. The first-order valence-corrected chi connectivity index (χ1v) is 5.67. The topological polar surface area (TPSA) is 48.1 Å². The zero-order valence-corrected chi connectivity index (χ0v) is 9.84. The monoisotopic (exact) mass is 228 g/mol. The number of benzene rings is 1. The molecule has 0 aliphatic carbocycles. The minimum Gasteiger partial charge on any atom is -0.470 e. The van der Waals surface area contributed by atoms with Crippen LogP contribution < -0.4 is 10.5 Å². The van der Waals surface area contributed by atoms with Crippen molar-refractivity contribution in [1.82, 2.24) is 4.98 Å². The van der Waals surface area contributed by atoms with Crippen LogP contribution >= 0.6 is 0 Å². The van der Waals surface area contributed by atoms with Crippen molar-refractivity contribution in [1.29, 1.82) is 0 Å². The van der Waals surface area contributed by atoms with E-state index in [1.807, 2.05) is 55.5 Å². The van der Waals surface area contributed by atoms with E-state index in [2.05, 4.69) is 4.98 Å². The molecule has 1 aromatic carbocycles. The number of ether oxygens (including phenoxy) is 1. The highest BCUT2D eigenvalue weighted by molar-refractivity contribution is 5.20. The number of aromatic nitrogens is 1. The molecule has 1 heterocycles. The van der Waals surface area contributed by atoms with Gasteiger partial charge < -0.3 is 10.5 Å². The van der Waals surface area contributed by atoms with Gasteiger partial charge in [-0.05, 0) is 18.6 Å². The summed E-state index contributed by atoms with van der Waals surface area (Å²) < 4.78 is 5.78. The van der Waals surface area contributed by atoms with Crippen molar-refractivity contribution in [3.63, 3.8) is 0 Å². The molecule has 0 spiro atoms. The molecule has 0 amide bonds. The maximum Gasteiger partial charge on any atom is 0.214 e. The fourth-order valence-corrected chi connectivity index (χ4v) is 1.61. The molecule has 0 aliphatic heterocycles. The summed E-state index contributed by atoms with van der Waals surface area (Å²) >= 11 is 0. The lowest BCUT2D eigenvalue weighted by atomic mass is 10.1. The van der Waals surface area contributed by atoms with Gasteiger partial charge in [-0.3, -0.25) is 0 Å². The molecule has 0 saturated carbocycles. The highest BCUT2D eigenvalue weighted by Crippen LogP contribution is 2.19. The van der Waals surface area contributed by atoms with E-state index in [1.165, 1.54) is 0 Å². The Hall–Kier alpha value is -1.87. The Kier molecular flexibility index (Phi) is 3.73. The molecule has 3 nitrogen and oxygen atoms in total. The molecule has 0 saturated heterocycles. The van der Waals surface area contributed by atoms with Crippen molar-refractivity contribution in [3.8, 4) is 5.88 Å². The van der Waals surface area contributed by atoms with Gasteiger partial charge in [-0.15, -0.1) is 0 Å². The third kappa shape index (κ3) is 3.04. The first-order valence-electron chi connectivity index (χ1n) is 5.67. The van der Waals surface area contributed by atoms with Crippen molar-refractivity contribution < 1.29 is 4.74 Å². The van der Waals surface area contributed by atoms with Crippen LogP contribution in [0.4, 0.5) is 0 Å². The summed E-state index contributed by atoms with van der Waals surface area (Å²) in [5.74, 6) is 0.615. The second-order valence-corrected chi connectivity index (χ2v) is 3.84. The van der Waals surface area contributed by atoms with Crippen molar-refractivity contribution >= 4 is 0 Å². The molecule has 0 aliphatic rings. The van der Waals surface area contributed by atoms with E-state index < -0.39 is 0 Å². The molecular formula is C14H16N2O. The Bertz CT molecular complexity index is 471. The zero-order chi connectivity index (χ0) is 12.1. The van der Waals surface area contributed by atoms with Crippen molar-refractivity contribution in [3.05, 3.63) is 59.8 Å². The van der Waals surface area contributed by atoms with Gasteiger partial charge in [0, 0.05) is 12.6 Å². The van der Waals surface area contributed by atoms with Crippen LogP contribution in [0, 0.1) is 0 Å². The van der Waals surface area contributed by atoms with E-state index >= 15 is 0 Å². The fraction of sp³-hybridized carbons (Fsp3) is 0.214. The summed E-state index contributed by atoms with van der Waals surface area (Å²) in [5.41, 5.74) is 7.51. The van der Waals surface area contributed by atoms with Crippen molar-refractivity contribution in [2.24, 2.45) is 5.73 Å². The van der Waals surface area contributed by atoms with E-state index in [4.69, 9.17) is 10.5 Å². The molecule has 0 bridgehead atoms. The average molecular weight is 228 g/mol. The second kappa shape index (κ2) is 5.46. The van der Waals surface area contributed by atoms with Crippen molar-refractivity contribution in [2.45, 2.75) is 19.6 Å². The highest BCUT2D eigenvalue weighted by Gasteiger charge is 2.07. The smallest absolute Gasteiger partial charge is 0.214 e. The number of hydrogen-bond donors (Lipinski definition) is 1. The summed E-state index contributed by atoms with van der Waals surface area (Å²) in [6.07, 6.45) is -0.0169. The molecule has 1 aromatic heterocycles. The van der Waals surface area contributed by atoms with Crippen molar-refractivity contribution in [2.75, 3.05) is 0 Å². The Morgan fingerprint density at radius 3 is 2.59 bits per heavy atom. The normalized spacial score (nSPS) is 12.1. The minimum absolute atomic E-state index is 0.0169. The molecule has 17 heavy (non-hydrogen) atoms. The number of rotatable bonds is 4. The van der Waals surface area contributed by atoms with Gasteiger partial charge in [-0.2, -0.15) is 0 Å². The third-order valence-corrected chi connectivity index (χ3v) is 2.56. The predicted octanol–water partition coefficient (Wildman–Crippen LogP) is 2.68. The van der Waals surface area contributed by atoms with Crippen LogP contribution in [-0.2, 0) is 6.54 Å². The van der Waals surface area contributed by atoms with Crippen LogP contribution in [0.2, 0.25) is 0 Å². The molecule has 88 valence electrons. The van der Waals surface area contributed by atoms with Gasteiger partial charge in [0.15, 0.2) is 0 Å². The lowest BCUT2D eigenvalue weighted by Gasteiger charge is -2.14. The quantitative estimate of drug-likeness (QED) is 0.875. The summed E-state index contributed by atoms with van der Waals surface area (Å²) in [7, 11) is 0. The van der Waals surface area contributed by atoms with E-state index in [9.17, 15) is 0 Å². The van der Waals surface area contributed by atoms with Gasteiger partial charge in [0.25, 0.3) is 0 Å². The summed E-state index contributed by atoms with van der Waals surface area (Å²) in [5, 5.41) is 0. The molecule has 2 rings (SSSR count). The molecular weight excluding hydrogens is 212 g/mol. The first kappa shape index (κ1) is 11.6. The average Bonchev–Trinajstić information content (AvgIpc) is 2.40. The summed E-state index contributed by atoms with van der Waals surface area (Å²) in [6, 6.07) is 15.7. The highest BCUT2D eigenvalue weighted by atomic mass is 16.5. The van der Waals surface area contributed by atoms with Crippen LogP contribution in [0.3, 0.4) is 0 Å². The van der Waals surface area contributed by atoms with Crippen LogP contribution in [0.25, 0.3) is 0 Å². The lowest BCUT2D eigenvalue weighted by molar-refractivity contribution is 0.217. The van der Waals surface area contributed by atoms with Crippen LogP contribution in [-0.4, -0.2) is 4.98 Å². The Morgan fingerprint density at radius 1 is 1.12 bits per heavy atom. The third-order valence-electron chi connectivity index (χ3n) is 2.56. The van der Waals surface area contributed by atoms with Gasteiger partial charge in [-0.1, -0.05) is 36.4 Å². The maximum atomic E-state index is 5.78. The molecule has 2 aromatic rings. The molecule has 2 N–H and O–H groups in total. The van der Waals surface area contributed by atoms with Crippen LogP contribution in [0.15, 0.2) is 48.5 Å². The van der Waals surface area contributed by atoms with Gasteiger partial charge in [0.05, 0.1) is 5.69 Å². The molecule has 1 unspecified atom stereocenters. The van der Waals surface area contributed by atoms with Gasteiger partial charge in [0.2, 0.25) is 5.88 Å². The van der Waals surface area contributed by atoms with Gasteiger partial charge in [0.1, 0.15) is 6.10 Å². The number of nitrogens with zero attached hydrogens (tertiary/aromatic N) is 1. The maximum absolute atomic E-state index is 5.78. The van der Waals surface area contributed by atoms with E-state index in [1.54, 1.807) is 0 Å². The van der Waals surface area contributed by atoms with Gasteiger partial charge in [-0.25, -0.2) is 4.98 Å². The molecule has 1 atom stereocenters. The fourth-order valence-electron chi connectivity index (χ4n) is 1.61. The minimum atomic E-state index is -0.0169. The van der Waals surface area contributed by atoms with E-state index in [0.717, 1.165) is 11.3 Å².